The van der Waals surface area contributed by atoms with E-state index in [-0.39, 0.29) is 5.75 Å². The zero-order chi connectivity index (χ0) is 11.3. The highest BCUT2D eigenvalue weighted by atomic mass is 32.2. The van der Waals surface area contributed by atoms with Crippen LogP contribution in [0.15, 0.2) is 18.3 Å². The summed E-state index contributed by atoms with van der Waals surface area (Å²) in [4.78, 5) is 4.00. The molecular weight excluding hydrogens is 214 g/mol. The number of nitrogens with zero attached hydrogens (tertiary/aromatic N) is 1. The number of rotatable bonds is 5. The molecule has 0 atom stereocenters. The zero-order valence-corrected chi connectivity index (χ0v) is 9.63. The number of sulfonamides is 1. The van der Waals surface area contributed by atoms with E-state index in [0.717, 1.165) is 0 Å². The number of pyridine rings is 1. The van der Waals surface area contributed by atoms with Crippen LogP contribution in [-0.2, 0) is 10.0 Å². The molecule has 0 fully saturated rings. The van der Waals surface area contributed by atoms with Gasteiger partial charge in [-0.25, -0.2) is 13.4 Å². The molecule has 1 aromatic rings. The lowest BCUT2D eigenvalue weighted by Gasteiger charge is -2.06. The number of nitrogens with one attached hydrogen (secondary N) is 2. The average molecular weight is 229 g/mol. The lowest BCUT2D eigenvalue weighted by molar-refractivity contribution is 0.600. The van der Waals surface area contributed by atoms with Crippen molar-refractivity contribution in [3.8, 4) is 0 Å². The van der Waals surface area contributed by atoms with Crippen molar-refractivity contribution in [1.29, 1.82) is 0 Å². The molecule has 2 N–H and O–H groups in total. The van der Waals surface area contributed by atoms with Crippen LogP contribution in [0.5, 0.6) is 0 Å². The third kappa shape index (κ3) is 3.75. The second-order valence-corrected chi connectivity index (χ2v) is 4.94. The van der Waals surface area contributed by atoms with Gasteiger partial charge in [0.1, 0.15) is 5.82 Å². The quantitative estimate of drug-likeness (QED) is 0.797. The topological polar surface area (TPSA) is 71.1 Å². The van der Waals surface area contributed by atoms with Crippen molar-refractivity contribution in [3.05, 3.63) is 18.3 Å². The molecule has 1 heterocycles. The zero-order valence-electron chi connectivity index (χ0n) is 8.82. The van der Waals surface area contributed by atoms with Crippen LogP contribution < -0.4 is 10.0 Å². The number of anilines is 2. The van der Waals surface area contributed by atoms with Crippen LogP contribution in [-0.4, -0.2) is 26.2 Å². The van der Waals surface area contributed by atoms with Gasteiger partial charge in [-0.2, -0.15) is 0 Å². The van der Waals surface area contributed by atoms with Crippen LogP contribution in [0.4, 0.5) is 11.5 Å². The Morgan fingerprint density at radius 1 is 1.40 bits per heavy atom. The lowest BCUT2D eigenvalue weighted by Crippen LogP contribution is -2.16. The monoisotopic (exact) mass is 229 g/mol. The molecule has 0 aromatic carbocycles. The van der Waals surface area contributed by atoms with Crippen molar-refractivity contribution in [1.82, 2.24) is 4.98 Å². The van der Waals surface area contributed by atoms with E-state index in [2.05, 4.69) is 15.0 Å². The van der Waals surface area contributed by atoms with Gasteiger partial charge in [0.25, 0.3) is 0 Å². The molecule has 0 unspecified atom stereocenters. The SMILES string of the molecule is CCCS(=O)(=O)Nc1ccc(NC)nc1. The van der Waals surface area contributed by atoms with Crippen LogP contribution in [0.25, 0.3) is 0 Å². The van der Waals surface area contributed by atoms with Crippen LogP contribution in [0.1, 0.15) is 13.3 Å². The van der Waals surface area contributed by atoms with Gasteiger partial charge in [-0.1, -0.05) is 6.92 Å². The summed E-state index contributed by atoms with van der Waals surface area (Å²) in [6, 6.07) is 3.38. The van der Waals surface area contributed by atoms with E-state index in [1.54, 1.807) is 19.2 Å². The van der Waals surface area contributed by atoms with E-state index in [9.17, 15) is 8.42 Å². The van der Waals surface area contributed by atoms with Gasteiger partial charge < -0.3 is 5.32 Å². The minimum absolute atomic E-state index is 0.126. The van der Waals surface area contributed by atoms with Crippen molar-refractivity contribution in [3.63, 3.8) is 0 Å². The molecule has 1 rings (SSSR count). The van der Waals surface area contributed by atoms with Gasteiger partial charge in [0.2, 0.25) is 10.0 Å². The Bertz CT molecular complexity index is 400. The smallest absolute Gasteiger partial charge is 0.232 e. The maximum Gasteiger partial charge on any atom is 0.232 e. The van der Waals surface area contributed by atoms with Crippen molar-refractivity contribution in [2.45, 2.75) is 13.3 Å². The summed E-state index contributed by atoms with van der Waals surface area (Å²) < 4.78 is 25.3. The molecule has 0 saturated heterocycles. The van der Waals surface area contributed by atoms with E-state index in [1.807, 2.05) is 6.92 Å². The van der Waals surface area contributed by atoms with Gasteiger partial charge in [-0.3, -0.25) is 4.72 Å². The number of aromatic nitrogens is 1. The van der Waals surface area contributed by atoms with Gasteiger partial charge in [0.15, 0.2) is 0 Å². The summed E-state index contributed by atoms with van der Waals surface area (Å²) in [5, 5.41) is 2.85. The third-order valence-corrected chi connectivity index (χ3v) is 3.26. The molecule has 0 spiro atoms. The van der Waals surface area contributed by atoms with Crippen molar-refractivity contribution >= 4 is 21.5 Å². The number of hydrogen-bond acceptors (Lipinski definition) is 4. The van der Waals surface area contributed by atoms with E-state index in [0.29, 0.717) is 17.9 Å². The van der Waals surface area contributed by atoms with E-state index in [4.69, 9.17) is 0 Å². The first-order valence-electron chi connectivity index (χ1n) is 4.71. The normalized spacial score (nSPS) is 11.1. The predicted octanol–water partition coefficient (Wildman–Crippen LogP) is 1.28. The summed E-state index contributed by atoms with van der Waals surface area (Å²) in [7, 11) is -1.46. The molecule has 0 aliphatic rings. The van der Waals surface area contributed by atoms with Gasteiger partial charge in [0.05, 0.1) is 17.6 Å². The molecule has 0 aliphatic heterocycles. The Labute approximate surface area is 90.0 Å². The Kier molecular flexibility index (Phi) is 3.90. The Balaban J connectivity index is 2.73. The standard InChI is InChI=1S/C9H15N3O2S/c1-3-6-15(13,14)12-8-4-5-9(10-2)11-7-8/h4-5,7,12H,3,6H2,1-2H3,(H,10,11). The highest BCUT2D eigenvalue weighted by molar-refractivity contribution is 7.92. The summed E-state index contributed by atoms with van der Waals surface area (Å²) in [5.41, 5.74) is 0.488. The molecule has 0 aliphatic carbocycles. The molecular formula is C9H15N3O2S. The second-order valence-electron chi connectivity index (χ2n) is 3.10. The first kappa shape index (κ1) is 11.8. The van der Waals surface area contributed by atoms with Crippen molar-refractivity contribution < 1.29 is 8.42 Å². The van der Waals surface area contributed by atoms with Crippen LogP contribution in [0.2, 0.25) is 0 Å². The van der Waals surface area contributed by atoms with Crippen LogP contribution >= 0.6 is 0 Å². The first-order chi connectivity index (χ1) is 7.07. The fourth-order valence-electron chi connectivity index (χ4n) is 1.10. The Hall–Kier alpha value is -1.30. The minimum Gasteiger partial charge on any atom is -0.373 e. The molecule has 0 bridgehead atoms. The minimum atomic E-state index is -3.21. The van der Waals surface area contributed by atoms with E-state index < -0.39 is 10.0 Å². The van der Waals surface area contributed by atoms with Crippen LogP contribution in [0.3, 0.4) is 0 Å². The molecule has 84 valence electrons. The fraction of sp³-hybridized carbons (Fsp3) is 0.444. The summed E-state index contributed by atoms with van der Waals surface area (Å²) in [6.45, 7) is 1.82. The molecule has 5 nitrogen and oxygen atoms in total. The Morgan fingerprint density at radius 2 is 2.13 bits per heavy atom. The second kappa shape index (κ2) is 4.97. The predicted molar refractivity (Wildman–Crippen MR) is 61.5 cm³/mol. The van der Waals surface area contributed by atoms with Crippen molar-refractivity contribution in [2.75, 3.05) is 22.8 Å². The summed E-state index contributed by atoms with van der Waals surface area (Å²) in [5.74, 6) is 0.828. The maximum atomic E-state index is 11.4. The molecule has 1 aromatic heterocycles. The summed E-state index contributed by atoms with van der Waals surface area (Å²) in [6.07, 6.45) is 2.08. The molecule has 0 radical (unpaired) electrons. The molecule has 0 saturated carbocycles. The first-order valence-corrected chi connectivity index (χ1v) is 6.37. The van der Waals surface area contributed by atoms with Crippen molar-refractivity contribution in [2.24, 2.45) is 0 Å². The Morgan fingerprint density at radius 3 is 2.60 bits per heavy atom. The highest BCUT2D eigenvalue weighted by Crippen LogP contribution is 2.11. The lowest BCUT2D eigenvalue weighted by atomic mass is 10.4. The molecule has 6 heteroatoms. The third-order valence-electron chi connectivity index (χ3n) is 1.77. The molecule has 0 amide bonds. The number of hydrogen-bond donors (Lipinski definition) is 2. The largest absolute Gasteiger partial charge is 0.373 e. The average Bonchev–Trinajstić information content (AvgIpc) is 2.18. The van der Waals surface area contributed by atoms with E-state index in [1.165, 1.54) is 6.20 Å². The van der Waals surface area contributed by atoms with Gasteiger partial charge in [-0.15, -0.1) is 0 Å². The van der Waals surface area contributed by atoms with Gasteiger partial charge >= 0.3 is 0 Å². The maximum absolute atomic E-state index is 11.4. The highest BCUT2D eigenvalue weighted by Gasteiger charge is 2.08. The molecule has 15 heavy (non-hydrogen) atoms. The van der Waals surface area contributed by atoms with Crippen LogP contribution in [0, 0.1) is 0 Å². The fourth-order valence-corrected chi connectivity index (χ4v) is 2.22. The van der Waals surface area contributed by atoms with E-state index >= 15 is 0 Å². The van der Waals surface area contributed by atoms with Gasteiger partial charge in [-0.05, 0) is 18.6 Å². The summed E-state index contributed by atoms with van der Waals surface area (Å²) >= 11 is 0. The van der Waals surface area contributed by atoms with Gasteiger partial charge in [0, 0.05) is 7.05 Å².